The number of aryl methyl sites for hydroxylation is 2. The van der Waals surface area contributed by atoms with Gasteiger partial charge in [0.1, 0.15) is 11.9 Å². The minimum absolute atomic E-state index is 0.595. The van der Waals surface area contributed by atoms with Crippen molar-refractivity contribution in [3.05, 3.63) is 50.2 Å². The van der Waals surface area contributed by atoms with Crippen LogP contribution < -0.4 is 4.74 Å². The van der Waals surface area contributed by atoms with E-state index in [1.165, 1.54) is 11.3 Å². The van der Waals surface area contributed by atoms with Crippen LogP contribution in [0.25, 0.3) is 0 Å². The molecule has 1 heterocycles. The minimum atomic E-state index is -0.703. The Bertz CT molecular complexity index is 563. The number of hydrogen-bond acceptors (Lipinski definition) is 3. The molecule has 0 amide bonds. The van der Waals surface area contributed by atoms with E-state index in [0.29, 0.717) is 5.02 Å². The van der Waals surface area contributed by atoms with Crippen LogP contribution in [0, 0.1) is 13.8 Å². The maximum Gasteiger partial charge on any atom is 0.129 e. The number of ether oxygens (including phenoxy) is 1. The minimum Gasteiger partial charge on any atom is -0.496 e. The third kappa shape index (κ3) is 2.53. The van der Waals surface area contributed by atoms with Gasteiger partial charge in [-0.2, -0.15) is 0 Å². The van der Waals surface area contributed by atoms with Gasteiger partial charge in [-0.05, 0) is 37.1 Å². The lowest BCUT2D eigenvalue weighted by Crippen LogP contribution is -1.99. The molecule has 0 fully saturated rings. The van der Waals surface area contributed by atoms with E-state index < -0.39 is 6.10 Å². The van der Waals surface area contributed by atoms with Gasteiger partial charge >= 0.3 is 0 Å². The van der Waals surface area contributed by atoms with Gasteiger partial charge in [-0.3, -0.25) is 0 Å². The summed E-state index contributed by atoms with van der Waals surface area (Å²) in [6, 6.07) is 5.66. The fourth-order valence-electron chi connectivity index (χ4n) is 1.75. The molecule has 0 saturated carbocycles. The van der Waals surface area contributed by atoms with Crippen LogP contribution in [0.5, 0.6) is 5.75 Å². The van der Waals surface area contributed by atoms with Crippen molar-refractivity contribution in [2.24, 2.45) is 0 Å². The quantitative estimate of drug-likeness (QED) is 0.918. The third-order valence-electron chi connectivity index (χ3n) is 3.01. The number of hydrogen-bond donors (Lipinski definition) is 1. The van der Waals surface area contributed by atoms with Crippen molar-refractivity contribution in [1.29, 1.82) is 0 Å². The maximum absolute atomic E-state index is 10.4. The summed E-state index contributed by atoms with van der Waals surface area (Å²) < 4.78 is 5.12. The Kier molecular flexibility index (Phi) is 3.95. The second-order valence-electron chi connectivity index (χ2n) is 4.25. The summed E-state index contributed by atoms with van der Waals surface area (Å²) in [4.78, 5) is 0.831. The fraction of sp³-hybridized carbons (Fsp3) is 0.286. The zero-order valence-electron chi connectivity index (χ0n) is 10.5. The van der Waals surface area contributed by atoms with Crippen LogP contribution >= 0.6 is 22.9 Å². The van der Waals surface area contributed by atoms with Gasteiger partial charge in [-0.25, -0.2) is 0 Å². The molecule has 0 aliphatic heterocycles. The SMILES string of the molecule is COc1csc(C(O)c2cc(C)c(C)cc2Cl)c1. The molecule has 0 bridgehead atoms. The van der Waals surface area contributed by atoms with Crippen molar-refractivity contribution in [2.75, 3.05) is 7.11 Å². The highest BCUT2D eigenvalue weighted by molar-refractivity contribution is 7.10. The Hall–Kier alpha value is -1.03. The first-order valence-electron chi connectivity index (χ1n) is 5.60. The Balaban J connectivity index is 2.39. The van der Waals surface area contributed by atoms with Crippen LogP contribution in [0.15, 0.2) is 23.6 Å². The van der Waals surface area contributed by atoms with E-state index in [9.17, 15) is 5.11 Å². The number of halogens is 1. The summed E-state index contributed by atoms with van der Waals surface area (Å²) in [5.41, 5.74) is 2.99. The number of methoxy groups -OCH3 is 1. The largest absolute Gasteiger partial charge is 0.496 e. The molecule has 1 atom stereocenters. The van der Waals surface area contributed by atoms with E-state index in [1.54, 1.807) is 7.11 Å². The molecule has 0 aliphatic carbocycles. The van der Waals surface area contributed by atoms with Crippen molar-refractivity contribution >= 4 is 22.9 Å². The smallest absolute Gasteiger partial charge is 0.129 e. The van der Waals surface area contributed by atoms with E-state index in [0.717, 1.165) is 27.3 Å². The predicted molar refractivity (Wildman–Crippen MR) is 75.9 cm³/mol. The molecule has 18 heavy (non-hydrogen) atoms. The van der Waals surface area contributed by atoms with Crippen LogP contribution in [0.2, 0.25) is 5.02 Å². The molecule has 0 aliphatic rings. The van der Waals surface area contributed by atoms with E-state index in [4.69, 9.17) is 16.3 Å². The monoisotopic (exact) mass is 282 g/mol. The molecule has 96 valence electrons. The molecule has 0 radical (unpaired) electrons. The number of aliphatic hydroxyl groups excluding tert-OH is 1. The number of aliphatic hydroxyl groups is 1. The molecule has 1 aromatic heterocycles. The molecular formula is C14H15ClO2S. The Morgan fingerprint density at radius 3 is 2.50 bits per heavy atom. The summed E-state index contributed by atoms with van der Waals surface area (Å²) in [5, 5.41) is 12.8. The lowest BCUT2D eigenvalue weighted by atomic mass is 10.0. The maximum atomic E-state index is 10.4. The summed E-state index contributed by atoms with van der Waals surface area (Å²) >= 11 is 7.66. The Morgan fingerprint density at radius 1 is 1.22 bits per heavy atom. The van der Waals surface area contributed by atoms with Gasteiger partial charge in [0, 0.05) is 20.8 Å². The van der Waals surface area contributed by atoms with Crippen LogP contribution in [-0.4, -0.2) is 12.2 Å². The zero-order chi connectivity index (χ0) is 13.3. The standard InChI is InChI=1S/C14H15ClO2S/c1-8-4-11(12(15)5-9(8)2)14(16)13-6-10(17-3)7-18-13/h4-7,14,16H,1-3H3. The van der Waals surface area contributed by atoms with Crippen LogP contribution in [0.3, 0.4) is 0 Å². The summed E-state index contributed by atoms with van der Waals surface area (Å²) in [7, 11) is 1.61. The molecule has 2 aromatic rings. The number of thiophene rings is 1. The molecule has 1 unspecified atom stereocenters. The molecule has 1 N–H and O–H groups in total. The zero-order valence-corrected chi connectivity index (χ0v) is 12.1. The lowest BCUT2D eigenvalue weighted by Gasteiger charge is -2.13. The van der Waals surface area contributed by atoms with Gasteiger partial charge in [0.2, 0.25) is 0 Å². The number of benzene rings is 1. The van der Waals surface area contributed by atoms with Crippen LogP contribution in [-0.2, 0) is 0 Å². The van der Waals surface area contributed by atoms with Gasteiger partial charge in [-0.1, -0.05) is 17.7 Å². The van der Waals surface area contributed by atoms with Crippen molar-refractivity contribution in [2.45, 2.75) is 20.0 Å². The predicted octanol–water partition coefficient (Wildman–Crippen LogP) is 4.11. The first kappa shape index (κ1) is 13.4. The first-order chi connectivity index (χ1) is 8.52. The molecule has 1 aromatic carbocycles. The Labute approximate surface area is 116 Å². The van der Waals surface area contributed by atoms with Gasteiger partial charge in [-0.15, -0.1) is 11.3 Å². The number of rotatable bonds is 3. The highest BCUT2D eigenvalue weighted by Crippen LogP contribution is 2.35. The summed E-state index contributed by atoms with van der Waals surface area (Å²) in [6.07, 6.45) is -0.703. The van der Waals surface area contributed by atoms with E-state index >= 15 is 0 Å². The molecule has 0 saturated heterocycles. The molecule has 2 nitrogen and oxygen atoms in total. The molecule has 0 spiro atoms. The van der Waals surface area contributed by atoms with Crippen molar-refractivity contribution in [3.63, 3.8) is 0 Å². The highest BCUT2D eigenvalue weighted by Gasteiger charge is 2.17. The molecule has 2 rings (SSSR count). The van der Waals surface area contributed by atoms with Crippen LogP contribution in [0.1, 0.15) is 27.7 Å². The lowest BCUT2D eigenvalue weighted by molar-refractivity contribution is 0.224. The third-order valence-corrected chi connectivity index (χ3v) is 4.30. The topological polar surface area (TPSA) is 29.5 Å². The Morgan fingerprint density at radius 2 is 1.89 bits per heavy atom. The van der Waals surface area contributed by atoms with E-state index in [2.05, 4.69) is 0 Å². The first-order valence-corrected chi connectivity index (χ1v) is 6.86. The average Bonchev–Trinajstić information content (AvgIpc) is 2.81. The summed E-state index contributed by atoms with van der Waals surface area (Å²) in [5.74, 6) is 0.758. The second kappa shape index (κ2) is 5.31. The normalized spacial score (nSPS) is 12.5. The van der Waals surface area contributed by atoms with Gasteiger partial charge in [0.05, 0.1) is 7.11 Å². The highest BCUT2D eigenvalue weighted by atomic mass is 35.5. The van der Waals surface area contributed by atoms with Gasteiger partial charge in [0.25, 0.3) is 0 Å². The van der Waals surface area contributed by atoms with Gasteiger partial charge in [0.15, 0.2) is 0 Å². The van der Waals surface area contributed by atoms with Crippen molar-refractivity contribution in [3.8, 4) is 5.75 Å². The fourth-order valence-corrected chi connectivity index (χ4v) is 2.93. The molecular weight excluding hydrogens is 268 g/mol. The van der Waals surface area contributed by atoms with E-state index in [1.807, 2.05) is 37.4 Å². The van der Waals surface area contributed by atoms with E-state index in [-0.39, 0.29) is 0 Å². The molecule has 4 heteroatoms. The second-order valence-corrected chi connectivity index (χ2v) is 5.60. The van der Waals surface area contributed by atoms with Crippen molar-refractivity contribution < 1.29 is 9.84 Å². The van der Waals surface area contributed by atoms with Crippen LogP contribution in [0.4, 0.5) is 0 Å². The van der Waals surface area contributed by atoms with Gasteiger partial charge < -0.3 is 9.84 Å². The summed E-state index contributed by atoms with van der Waals surface area (Å²) in [6.45, 7) is 4.02. The van der Waals surface area contributed by atoms with Crippen molar-refractivity contribution in [1.82, 2.24) is 0 Å². The average molecular weight is 283 g/mol.